The number of carbonyl (C=O) groups is 1. The molecule has 1 saturated heterocycles. The van der Waals surface area contributed by atoms with Crippen LogP contribution in [-0.4, -0.2) is 30.1 Å². The van der Waals surface area contributed by atoms with E-state index in [0.717, 1.165) is 23.6 Å². The first kappa shape index (κ1) is 13.7. The van der Waals surface area contributed by atoms with E-state index in [-0.39, 0.29) is 12.0 Å². The number of rotatable bonds is 4. The van der Waals surface area contributed by atoms with E-state index < -0.39 is 0 Å². The zero-order valence-electron chi connectivity index (χ0n) is 10.0. The molecule has 0 amide bonds. The van der Waals surface area contributed by atoms with Gasteiger partial charge in [-0.3, -0.25) is 4.79 Å². The van der Waals surface area contributed by atoms with E-state index in [9.17, 15) is 4.79 Å². The second-order valence-corrected chi connectivity index (χ2v) is 5.81. The first-order valence-corrected chi connectivity index (χ1v) is 7.48. The van der Waals surface area contributed by atoms with Gasteiger partial charge in [-0.15, -0.1) is 0 Å². The van der Waals surface area contributed by atoms with Gasteiger partial charge in [-0.1, -0.05) is 23.7 Å². The summed E-state index contributed by atoms with van der Waals surface area (Å²) in [6.07, 6.45) is 0.438. The molecule has 0 spiro atoms. The van der Waals surface area contributed by atoms with Crippen LogP contribution < -0.4 is 5.32 Å². The highest BCUT2D eigenvalue weighted by atomic mass is 35.5. The van der Waals surface area contributed by atoms with Crippen LogP contribution in [0.5, 0.6) is 0 Å². The first-order valence-electron chi connectivity index (χ1n) is 5.95. The van der Waals surface area contributed by atoms with Crippen LogP contribution in [0.2, 0.25) is 5.02 Å². The largest absolute Gasteiger partial charge is 0.461 e. The third-order valence-electron chi connectivity index (χ3n) is 2.70. The van der Waals surface area contributed by atoms with Crippen molar-refractivity contribution in [1.82, 2.24) is 5.32 Å². The lowest BCUT2D eigenvalue weighted by molar-refractivity contribution is -0.145. The molecule has 0 aromatic heterocycles. The predicted octanol–water partition coefficient (Wildman–Crippen LogP) is 2.48. The molecule has 1 aromatic carbocycles. The van der Waals surface area contributed by atoms with Gasteiger partial charge in [0.15, 0.2) is 0 Å². The van der Waals surface area contributed by atoms with Crippen LogP contribution in [0.1, 0.15) is 12.0 Å². The average Bonchev–Trinajstić information content (AvgIpc) is 2.38. The zero-order chi connectivity index (χ0) is 12.8. The lowest BCUT2D eigenvalue weighted by Crippen LogP contribution is -2.39. The number of esters is 1. The molecule has 0 bridgehead atoms. The van der Waals surface area contributed by atoms with Gasteiger partial charge in [-0.25, -0.2) is 0 Å². The number of benzene rings is 1. The van der Waals surface area contributed by atoms with E-state index in [1.54, 1.807) is 6.07 Å². The Morgan fingerprint density at radius 1 is 1.56 bits per heavy atom. The molecule has 1 unspecified atom stereocenters. The fourth-order valence-corrected chi connectivity index (χ4v) is 2.96. The summed E-state index contributed by atoms with van der Waals surface area (Å²) < 4.78 is 5.24. The van der Waals surface area contributed by atoms with Crippen LogP contribution in [0, 0.1) is 0 Å². The predicted molar refractivity (Wildman–Crippen MR) is 75.0 cm³/mol. The van der Waals surface area contributed by atoms with Crippen molar-refractivity contribution in [2.24, 2.45) is 0 Å². The van der Waals surface area contributed by atoms with Crippen molar-refractivity contribution in [1.29, 1.82) is 0 Å². The fraction of sp³-hybridized carbons (Fsp3) is 0.462. The summed E-state index contributed by atoms with van der Waals surface area (Å²) in [4.78, 5) is 11.7. The molecule has 18 heavy (non-hydrogen) atoms. The van der Waals surface area contributed by atoms with Crippen LogP contribution in [0.4, 0.5) is 0 Å². The maximum Gasteiger partial charge on any atom is 0.307 e. The molecule has 2 rings (SSSR count). The Labute approximate surface area is 116 Å². The summed E-state index contributed by atoms with van der Waals surface area (Å²) in [5, 5.41) is 3.98. The quantitative estimate of drug-likeness (QED) is 0.863. The van der Waals surface area contributed by atoms with Crippen molar-refractivity contribution in [3.63, 3.8) is 0 Å². The maximum absolute atomic E-state index is 11.7. The van der Waals surface area contributed by atoms with Crippen LogP contribution in [0.15, 0.2) is 24.3 Å². The second-order valence-electron chi connectivity index (χ2n) is 4.22. The number of carbonyl (C=O) groups excluding carboxylic acids is 1. The molecule has 0 aliphatic carbocycles. The highest BCUT2D eigenvalue weighted by Crippen LogP contribution is 2.13. The van der Waals surface area contributed by atoms with Crippen LogP contribution in [0.3, 0.4) is 0 Å². The summed E-state index contributed by atoms with van der Waals surface area (Å²) in [7, 11) is 0. The van der Waals surface area contributed by atoms with Gasteiger partial charge in [0, 0.05) is 29.1 Å². The molecule has 1 aliphatic rings. The summed E-state index contributed by atoms with van der Waals surface area (Å²) in [6, 6.07) is 7.61. The Hall–Kier alpha value is -0.710. The topological polar surface area (TPSA) is 38.3 Å². The van der Waals surface area contributed by atoms with E-state index in [2.05, 4.69) is 5.32 Å². The highest BCUT2D eigenvalue weighted by molar-refractivity contribution is 7.99. The molecule has 98 valence electrons. The van der Waals surface area contributed by atoms with Gasteiger partial charge in [0.2, 0.25) is 0 Å². The highest BCUT2D eigenvalue weighted by Gasteiger charge is 2.17. The Morgan fingerprint density at radius 2 is 2.44 bits per heavy atom. The minimum Gasteiger partial charge on any atom is -0.461 e. The number of ether oxygens (including phenoxy) is 1. The van der Waals surface area contributed by atoms with Gasteiger partial charge in [-0.05, 0) is 17.7 Å². The monoisotopic (exact) mass is 285 g/mol. The van der Waals surface area contributed by atoms with Crippen molar-refractivity contribution in [3.05, 3.63) is 34.9 Å². The van der Waals surface area contributed by atoms with Crippen molar-refractivity contribution in [2.45, 2.75) is 19.1 Å². The number of nitrogens with one attached hydrogen (secondary N) is 1. The molecule has 0 radical (unpaired) electrons. The second kappa shape index (κ2) is 7.02. The number of halogens is 1. The third kappa shape index (κ3) is 4.52. The van der Waals surface area contributed by atoms with E-state index in [0.29, 0.717) is 18.1 Å². The summed E-state index contributed by atoms with van der Waals surface area (Å²) >= 11 is 7.74. The molecule has 5 heteroatoms. The standard InChI is InChI=1S/C13H16ClNO2S/c14-11-3-1-2-10(6-11)8-17-13(16)7-12-9-18-5-4-15-12/h1-3,6,12,15H,4-5,7-9H2. The van der Waals surface area contributed by atoms with Crippen LogP contribution >= 0.6 is 23.4 Å². The third-order valence-corrected chi connectivity index (χ3v) is 4.07. The normalized spacial score (nSPS) is 19.5. The van der Waals surface area contributed by atoms with E-state index >= 15 is 0 Å². The summed E-state index contributed by atoms with van der Waals surface area (Å²) in [6.45, 7) is 1.26. The Bertz CT molecular complexity index is 408. The van der Waals surface area contributed by atoms with Crippen molar-refractivity contribution >= 4 is 29.3 Å². The molecule has 1 heterocycles. The molecule has 1 fully saturated rings. The molecule has 1 N–H and O–H groups in total. The van der Waals surface area contributed by atoms with Gasteiger partial charge in [-0.2, -0.15) is 11.8 Å². The average molecular weight is 286 g/mol. The van der Waals surface area contributed by atoms with E-state index in [1.807, 2.05) is 30.0 Å². The van der Waals surface area contributed by atoms with Crippen LogP contribution in [0.25, 0.3) is 0 Å². The van der Waals surface area contributed by atoms with Crippen molar-refractivity contribution in [3.8, 4) is 0 Å². The zero-order valence-corrected chi connectivity index (χ0v) is 11.6. The van der Waals surface area contributed by atoms with Gasteiger partial charge < -0.3 is 10.1 Å². The SMILES string of the molecule is O=C(CC1CSCCN1)OCc1cccc(Cl)c1. The maximum atomic E-state index is 11.7. The molecule has 0 saturated carbocycles. The Morgan fingerprint density at radius 3 is 3.17 bits per heavy atom. The van der Waals surface area contributed by atoms with Gasteiger partial charge in [0.25, 0.3) is 0 Å². The molecule has 3 nitrogen and oxygen atoms in total. The van der Waals surface area contributed by atoms with Crippen molar-refractivity contribution in [2.75, 3.05) is 18.1 Å². The minimum atomic E-state index is -0.157. The molecule has 1 aromatic rings. The minimum absolute atomic E-state index is 0.157. The lowest BCUT2D eigenvalue weighted by atomic mass is 10.2. The summed E-state index contributed by atoms with van der Waals surface area (Å²) in [5.41, 5.74) is 0.918. The smallest absolute Gasteiger partial charge is 0.307 e. The van der Waals surface area contributed by atoms with Gasteiger partial charge in [0.05, 0.1) is 6.42 Å². The number of hydrogen-bond donors (Lipinski definition) is 1. The Balaban J connectivity index is 1.74. The van der Waals surface area contributed by atoms with Crippen LogP contribution in [-0.2, 0) is 16.1 Å². The van der Waals surface area contributed by atoms with E-state index in [4.69, 9.17) is 16.3 Å². The fourth-order valence-electron chi connectivity index (χ4n) is 1.80. The Kier molecular flexibility index (Phi) is 5.35. The number of hydrogen-bond acceptors (Lipinski definition) is 4. The molecular weight excluding hydrogens is 270 g/mol. The summed E-state index contributed by atoms with van der Waals surface area (Å²) in [5.74, 6) is 1.94. The van der Waals surface area contributed by atoms with Gasteiger partial charge >= 0.3 is 5.97 Å². The first-order chi connectivity index (χ1) is 8.74. The molecular formula is C13H16ClNO2S. The van der Waals surface area contributed by atoms with Gasteiger partial charge in [0.1, 0.15) is 6.61 Å². The molecule has 1 aliphatic heterocycles. The number of thioether (sulfide) groups is 1. The molecule has 1 atom stereocenters. The van der Waals surface area contributed by atoms with E-state index in [1.165, 1.54) is 0 Å². The van der Waals surface area contributed by atoms with Crippen molar-refractivity contribution < 1.29 is 9.53 Å². The lowest BCUT2D eigenvalue weighted by Gasteiger charge is -2.22.